The topological polar surface area (TPSA) is 95.9 Å². The Morgan fingerprint density at radius 3 is 2.20 bits per heavy atom. The molecule has 2 N–H and O–H groups in total. The van der Waals surface area contributed by atoms with Gasteiger partial charge in [0.1, 0.15) is 34.0 Å². The number of phenols is 1. The van der Waals surface area contributed by atoms with Gasteiger partial charge < -0.3 is 29.7 Å². The zero-order chi connectivity index (χ0) is 38.3. The molecule has 4 aliphatic rings. The Hall–Kier alpha value is -4.69. The van der Waals surface area contributed by atoms with Crippen molar-refractivity contribution in [2.45, 2.75) is 50.1 Å². The lowest BCUT2D eigenvalue weighted by molar-refractivity contribution is -0.239. The van der Waals surface area contributed by atoms with Gasteiger partial charge in [0.2, 0.25) is 5.88 Å². The van der Waals surface area contributed by atoms with Crippen molar-refractivity contribution < 1.29 is 49.7 Å². The van der Waals surface area contributed by atoms with Crippen LogP contribution in [-0.2, 0) is 0 Å². The van der Waals surface area contributed by atoms with Gasteiger partial charge in [-0.3, -0.25) is 0 Å². The number of pyridine rings is 1. The van der Waals surface area contributed by atoms with Gasteiger partial charge in [-0.2, -0.15) is 36.3 Å². The maximum Gasteiger partial charge on any atom is 0.393 e. The van der Waals surface area contributed by atoms with Crippen molar-refractivity contribution in [1.82, 2.24) is 25.2 Å². The number of piperazine rings is 1. The Morgan fingerprint density at radius 1 is 0.944 bits per heavy atom. The SMILES string of the molecule is C#Cc1c(F)ccc2cc(O)cc(-c3nc(OC)c4c(N5CC6CCC(C5)N6)nc(OCC5(CN6CC(C(F)(F)F)C(C(F)(F)F)C6)CC5)nc4c3F)c12. The number of hydrogen-bond acceptors (Lipinski definition) is 9. The van der Waals surface area contributed by atoms with E-state index >= 15 is 4.39 Å². The fourth-order valence-electron chi connectivity index (χ4n) is 8.34. The van der Waals surface area contributed by atoms with E-state index in [4.69, 9.17) is 15.9 Å². The Bertz CT molecular complexity index is 2150. The van der Waals surface area contributed by atoms with Crippen LogP contribution in [-0.4, -0.2) is 95.8 Å². The van der Waals surface area contributed by atoms with E-state index in [1.54, 1.807) is 0 Å². The first-order valence-electron chi connectivity index (χ1n) is 17.4. The predicted octanol–water partition coefficient (Wildman–Crippen LogP) is 6.59. The molecule has 1 aliphatic carbocycles. The van der Waals surface area contributed by atoms with Crippen LogP contribution in [0.15, 0.2) is 24.3 Å². The van der Waals surface area contributed by atoms with Gasteiger partial charge in [0, 0.05) is 61.2 Å². The fourth-order valence-corrected chi connectivity index (χ4v) is 8.34. The third kappa shape index (κ3) is 6.46. The second-order valence-electron chi connectivity index (χ2n) is 14.8. The van der Waals surface area contributed by atoms with Crippen molar-refractivity contribution >= 4 is 27.5 Å². The largest absolute Gasteiger partial charge is 0.508 e. The molecule has 2 aromatic heterocycles. The second-order valence-corrected chi connectivity index (χ2v) is 14.8. The van der Waals surface area contributed by atoms with Crippen molar-refractivity contribution in [3.63, 3.8) is 0 Å². The highest BCUT2D eigenvalue weighted by Crippen LogP contribution is 2.51. The molecule has 4 aromatic rings. The first-order valence-corrected chi connectivity index (χ1v) is 17.4. The first kappa shape index (κ1) is 36.3. The second kappa shape index (κ2) is 13.0. The molecular weight excluding hydrogens is 728 g/mol. The Kier molecular flexibility index (Phi) is 8.72. The average molecular weight is 763 g/mol. The number of ether oxygens (including phenoxy) is 2. The van der Waals surface area contributed by atoms with Crippen molar-refractivity contribution in [1.29, 1.82) is 0 Å². The Morgan fingerprint density at radius 2 is 1.61 bits per heavy atom. The first-order chi connectivity index (χ1) is 25.6. The molecule has 4 unspecified atom stereocenters. The van der Waals surface area contributed by atoms with Crippen LogP contribution in [0, 0.1) is 41.2 Å². The number of hydrogen-bond donors (Lipinski definition) is 2. The number of rotatable bonds is 8. The van der Waals surface area contributed by atoms with E-state index in [0.717, 1.165) is 18.9 Å². The Labute approximate surface area is 303 Å². The van der Waals surface area contributed by atoms with Crippen molar-refractivity contribution in [2.24, 2.45) is 17.3 Å². The number of methoxy groups -OCH3 is 1. The highest BCUT2D eigenvalue weighted by Gasteiger charge is 2.60. The summed E-state index contributed by atoms with van der Waals surface area (Å²) in [4.78, 5) is 16.7. The van der Waals surface area contributed by atoms with E-state index in [0.29, 0.717) is 31.3 Å². The highest BCUT2D eigenvalue weighted by molar-refractivity contribution is 6.04. The van der Waals surface area contributed by atoms with Crippen molar-refractivity contribution in [3.8, 4) is 41.2 Å². The standard InChI is InChI=1S/C37H34F8N6O3/c1-3-22-26(38)7-4-18-10-21(52)11-23(27(18)22)30-29(39)31-28(33(47-30)53-2)32(51-12-19-5-6-20(13-51)46-19)49-34(48-31)54-17-35(8-9-35)16-50-14-24(36(40,41)42)25(15-50)37(43,44)45/h1,4,7,10-11,19-20,24-25,46,52H,5-6,8-9,12-17H2,2H3. The van der Waals surface area contributed by atoms with Crippen LogP contribution >= 0.6 is 0 Å². The monoisotopic (exact) mass is 762 g/mol. The number of likely N-dealkylation sites (tertiary alicyclic amines) is 1. The zero-order valence-electron chi connectivity index (χ0n) is 28.8. The maximum atomic E-state index is 17.1. The van der Waals surface area contributed by atoms with Crippen LogP contribution in [0.4, 0.5) is 40.9 Å². The van der Waals surface area contributed by atoms with E-state index in [2.05, 4.69) is 26.2 Å². The lowest BCUT2D eigenvalue weighted by Gasteiger charge is -2.34. The average Bonchev–Trinajstić information content (AvgIpc) is 3.58. The highest BCUT2D eigenvalue weighted by atomic mass is 19.4. The maximum absolute atomic E-state index is 17.1. The van der Waals surface area contributed by atoms with Crippen molar-refractivity contribution in [3.05, 3.63) is 41.5 Å². The van der Waals surface area contributed by atoms with Crippen LogP contribution in [0.25, 0.3) is 32.9 Å². The summed E-state index contributed by atoms with van der Waals surface area (Å²) < 4.78 is 126. The molecule has 286 valence electrons. The number of nitrogens with zero attached hydrogens (tertiary/aromatic N) is 5. The molecule has 1 saturated carbocycles. The minimum atomic E-state index is -5.01. The summed E-state index contributed by atoms with van der Waals surface area (Å²) in [7, 11) is 1.33. The van der Waals surface area contributed by atoms with Gasteiger partial charge in [0.25, 0.3) is 0 Å². The van der Waals surface area contributed by atoms with Gasteiger partial charge in [-0.15, -0.1) is 6.42 Å². The third-order valence-electron chi connectivity index (χ3n) is 11.1. The molecule has 3 saturated heterocycles. The number of phenolic OH excluding ortho intramolecular Hbond substituents is 1. The van der Waals surface area contributed by atoms with Crippen LogP contribution in [0.1, 0.15) is 31.2 Å². The molecule has 4 atom stereocenters. The van der Waals surface area contributed by atoms with E-state index in [1.807, 2.05) is 4.90 Å². The van der Waals surface area contributed by atoms with Gasteiger partial charge in [-0.25, -0.2) is 13.8 Å². The van der Waals surface area contributed by atoms with E-state index in [9.17, 15) is 35.8 Å². The molecule has 5 heterocycles. The van der Waals surface area contributed by atoms with E-state index in [-0.39, 0.29) is 81.8 Å². The van der Waals surface area contributed by atoms with Gasteiger partial charge in [0.15, 0.2) is 5.82 Å². The van der Waals surface area contributed by atoms with Crippen LogP contribution < -0.4 is 19.7 Å². The lowest BCUT2D eigenvalue weighted by atomic mass is 9.95. The molecule has 4 fully saturated rings. The van der Waals surface area contributed by atoms with Crippen LogP contribution in [0.2, 0.25) is 0 Å². The minimum absolute atomic E-state index is 0.0325. The van der Waals surface area contributed by atoms with E-state index < -0.39 is 54.3 Å². The molecule has 3 aliphatic heterocycles. The van der Waals surface area contributed by atoms with Gasteiger partial charge >= 0.3 is 18.4 Å². The number of nitrogens with one attached hydrogen (secondary N) is 1. The summed E-state index contributed by atoms with van der Waals surface area (Å²) in [5.74, 6) is -4.59. The smallest absolute Gasteiger partial charge is 0.393 e. The molecule has 17 heteroatoms. The molecule has 0 spiro atoms. The number of alkyl halides is 6. The zero-order valence-corrected chi connectivity index (χ0v) is 28.8. The van der Waals surface area contributed by atoms with Crippen molar-refractivity contribution in [2.75, 3.05) is 51.3 Å². The van der Waals surface area contributed by atoms with Gasteiger partial charge in [0.05, 0.1) is 31.1 Å². The number of benzene rings is 2. The third-order valence-corrected chi connectivity index (χ3v) is 11.1. The number of aromatic nitrogens is 3. The van der Waals surface area contributed by atoms with Gasteiger partial charge in [-0.1, -0.05) is 12.0 Å². The summed E-state index contributed by atoms with van der Waals surface area (Å²) in [6.45, 7) is -0.789. The quantitative estimate of drug-likeness (QED) is 0.152. The predicted molar refractivity (Wildman–Crippen MR) is 181 cm³/mol. The summed E-state index contributed by atoms with van der Waals surface area (Å²) in [6.07, 6.45) is -1.58. The van der Waals surface area contributed by atoms with Crippen LogP contribution in [0.3, 0.4) is 0 Å². The molecule has 0 amide bonds. The molecule has 2 bridgehead atoms. The number of halogens is 8. The summed E-state index contributed by atoms with van der Waals surface area (Å²) in [5.41, 5.74) is -1.61. The summed E-state index contributed by atoms with van der Waals surface area (Å²) in [5, 5.41) is 14.7. The van der Waals surface area contributed by atoms with Gasteiger partial charge in [-0.05, 0) is 49.3 Å². The number of fused-ring (bicyclic) bond motifs is 4. The normalized spacial score (nSPS) is 24.0. The minimum Gasteiger partial charge on any atom is -0.508 e. The molecule has 54 heavy (non-hydrogen) atoms. The fraction of sp³-hybridized carbons (Fsp3) is 0.486. The molecule has 0 radical (unpaired) electrons. The number of aromatic hydroxyl groups is 1. The number of anilines is 1. The summed E-state index contributed by atoms with van der Waals surface area (Å²) >= 11 is 0. The Balaban J connectivity index is 1.19. The molecular formula is C37H34F8N6O3. The summed E-state index contributed by atoms with van der Waals surface area (Å²) in [6, 6.07) is 5.04. The van der Waals surface area contributed by atoms with Crippen LogP contribution in [0.5, 0.6) is 17.6 Å². The molecule has 8 rings (SSSR count). The molecule has 2 aromatic carbocycles. The molecule has 9 nitrogen and oxygen atoms in total. The number of terminal acetylenes is 1. The van der Waals surface area contributed by atoms with E-state index in [1.165, 1.54) is 30.2 Å². The lowest BCUT2D eigenvalue weighted by Crippen LogP contribution is -2.51.